The molecule has 0 saturated carbocycles. The van der Waals surface area contributed by atoms with Gasteiger partial charge in [-0.25, -0.2) is 0 Å². The largest absolute Gasteiger partial charge is 0.0736 e. The van der Waals surface area contributed by atoms with Gasteiger partial charge in [0.05, 0.1) is 0 Å². The minimum Gasteiger partial charge on any atom is -0.0736 e. The van der Waals surface area contributed by atoms with Crippen LogP contribution in [-0.4, -0.2) is 28.8 Å². The molecular weight excluding hydrogens is 261 g/mol. The van der Waals surface area contributed by atoms with E-state index in [-0.39, 0.29) is 22.5 Å². The molecule has 0 rings (SSSR count). The Balaban J connectivity index is 5.32. The van der Waals surface area contributed by atoms with Crippen LogP contribution in [-0.2, 0) is 0 Å². The van der Waals surface area contributed by atoms with Gasteiger partial charge >= 0.3 is 0 Å². The molecule has 104 valence electrons. The summed E-state index contributed by atoms with van der Waals surface area (Å²) >= 11 is 0. The maximum atomic E-state index is 2.55. The Labute approximate surface area is 114 Å². The van der Waals surface area contributed by atoms with Crippen LogP contribution in [0.4, 0.5) is 0 Å². The lowest BCUT2D eigenvalue weighted by molar-refractivity contribution is 0.774. The van der Waals surface area contributed by atoms with Gasteiger partial charge in [0.25, 0.3) is 0 Å². The summed E-state index contributed by atoms with van der Waals surface area (Å²) in [5.41, 5.74) is 0. The summed E-state index contributed by atoms with van der Waals surface area (Å²) in [7, 11) is 0.363. The van der Waals surface area contributed by atoms with Crippen LogP contribution >= 0.6 is 22.5 Å². The number of hydrogen-bond donors (Lipinski definition) is 0. The second-order valence-corrected chi connectivity index (χ2v) is 21.5. The zero-order chi connectivity index (χ0) is 14.2. The Morgan fingerprint density at radius 3 is 0.824 bits per heavy atom. The van der Waals surface area contributed by atoms with E-state index in [0.717, 1.165) is 0 Å². The first-order valence-electron chi connectivity index (χ1n) is 6.47. The Morgan fingerprint density at radius 2 is 0.706 bits per heavy atom. The fraction of sp³-hybridized carbons (Fsp3) is 1.00. The van der Waals surface area contributed by atoms with E-state index < -0.39 is 0 Å². The molecular formula is C14H33P3. The van der Waals surface area contributed by atoms with Crippen LogP contribution in [0.25, 0.3) is 0 Å². The first kappa shape index (κ1) is 18.3. The molecule has 0 aromatic carbocycles. The molecule has 0 fully saturated rings. The maximum Gasteiger partial charge on any atom is -0.0102 e. The molecule has 0 aliphatic heterocycles. The van der Waals surface area contributed by atoms with E-state index in [4.69, 9.17) is 0 Å². The van der Waals surface area contributed by atoms with Crippen molar-refractivity contribution >= 4 is 22.5 Å². The monoisotopic (exact) mass is 294 g/mol. The van der Waals surface area contributed by atoms with Gasteiger partial charge in [-0.2, -0.15) is 0 Å². The smallest absolute Gasteiger partial charge is 0.0102 e. The first-order valence-corrected chi connectivity index (χ1v) is 12.8. The topological polar surface area (TPSA) is 0 Å². The van der Waals surface area contributed by atoms with Crippen LogP contribution in [0.15, 0.2) is 0 Å². The van der Waals surface area contributed by atoms with E-state index in [2.05, 4.69) is 75.6 Å². The lowest BCUT2D eigenvalue weighted by Crippen LogP contribution is -2.20. The third-order valence-corrected chi connectivity index (χ3v) is 24.8. The van der Waals surface area contributed by atoms with Gasteiger partial charge in [0.2, 0.25) is 0 Å². The van der Waals surface area contributed by atoms with Crippen molar-refractivity contribution in [3.63, 3.8) is 0 Å². The van der Waals surface area contributed by atoms with Crippen molar-refractivity contribution in [1.82, 2.24) is 0 Å². The van der Waals surface area contributed by atoms with E-state index in [1.54, 1.807) is 0 Å². The third-order valence-electron chi connectivity index (χ3n) is 3.11. The maximum absolute atomic E-state index is 2.55. The second kappa shape index (κ2) is 5.73. The van der Waals surface area contributed by atoms with Gasteiger partial charge in [-0.15, -0.1) is 0 Å². The Kier molecular flexibility index (Phi) is 6.17. The van der Waals surface area contributed by atoms with Crippen molar-refractivity contribution in [1.29, 1.82) is 0 Å². The summed E-state index contributed by atoms with van der Waals surface area (Å²) in [5, 5.41) is 1.49. The average molecular weight is 294 g/mol. The van der Waals surface area contributed by atoms with Crippen LogP contribution in [0, 0.1) is 0 Å². The molecule has 0 amide bonds. The SMILES string of the molecule is CP(P(P(C)C(C)(C)C)C(C)(C)C)C(C)(C)C. The van der Waals surface area contributed by atoms with Crippen molar-refractivity contribution in [2.24, 2.45) is 0 Å². The van der Waals surface area contributed by atoms with E-state index in [9.17, 15) is 0 Å². The summed E-state index contributed by atoms with van der Waals surface area (Å²) < 4.78 is 0. The van der Waals surface area contributed by atoms with E-state index in [0.29, 0.717) is 15.5 Å². The fourth-order valence-corrected chi connectivity index (χ4v) is 23.5. The van der Waals surface area contributed by atoms with Gasteiger partial charge in [0, 0.05) is 0 Å². The average Bonchev–Trinajstić information content (AvgIpc) is 1.97. The van der Waals surface area contributed by atoms with Crippen molar-refractivity contribution in [3.8, 4) is 0 Å². The number of rotatable bonds is 2. The van der Waals surface area contributed by atoms with Crippen molar-refractivity contribution < 1.29 is 0 Å². The Morgan fingerprint density at radius 1 is 0.471 bits per heavy atom. The quantitative estimate of drug-likeness (QED) is 0.485. The van der Waals surface area contributed by atoms with Gasteiger partial charge < -0.3 is 0 Å². The minimum absolute atomic E-state index is 0.117. The molecule has 0 N–H and O–H groups in total. The highest BCUT2D eigenvalue weighted by Gasteiger charge is 2.41. The lowest BCUT2D eigenvalue weighted by atomic mass is 10.3. The molecule has 0 saturated heterocycles. The number of hydrogen-bond acceptors (Lipinski definition) is 0. The molecule has 0 spiro atoms. The van der Waals surface area contributed by atoms with Gasteiger partial charge in [-0.3, -0.25) is 0 Å². The Hall–Kier alpha value is 1.29. The molecule has 0 nitrogen and oxygen atoms in total. The molecule has 0 heterocycles. The van der Waals surface area contributed by atoms with E-state index >= 15 is 0 Å². The molecule has 0 aliphatic carbocycles. The van der Waals surface area contributed by atoms with E-state index in [1.807, 2.05) is 0 Å². The standard InChI is InChI=1S/C14H33P3/c1-12(2,3)15(10)17(14(7,8)9)16(11)13(4,5)6/h1-11H3. The summed E-state index contributed by atoms with van der Waals surface area (Å²) in [6.07, 6.45) is 0. The van der Waals surface area contributed by atoms with Crippen LogP contribution < -0.4 is 0 Å². The molecule has 0 aromatic heterocycles. The highest BCUT2D eigenvalue weighted by atomic mass is 32.5. The van der Waals surface area contributed by atoms with E-state index in [1.165, 1.54) is 0 Å². The fourth-order valence-electron chi connectivity index (χ4n) is 1.67. The molecule has 0 radical (unpaired) electrons. The molecule has 0 bridgehead atoms. The van der Waals surface area contributed by atoms with Gasteiger partial charge in [0.15, 0.2) is 0 Å². The molecule has 2 unspecified atom stereocenters. The lowest BCUT2D eigenvalue weighted by Gasteiger charge is -2.49. The summed E-state index contributed by atoms with van der Waals surface area (Å²) in [6.45, 7) is 27.1. The van der Waals surface area contributed by atoms with Gasteiger partial charge in [-0.05, 0) is 36.1 Å². The van der Waals surface area contributed by atoms with Gasteiger partial charge in [-0.1, -0.05) is 77.5 Å². The Bertz CT molecular complexity index is 220. The zero-order valence-corrected chi connectivity index (χ0v) is 16.5. The van der Waals surface area contributed by atoms with Gasteiger partial charge in [0.1, 0.15) is 0 Å². The molecule has 2 atom stereocenters. The predicted octanol–water partition coefficient (Wildman–Crippen LogP) is 6.92. The van der Waals surface area contributed by atoms with Crippen LogP contribution in [0.5, 0.6) is 0 Å². The van der Waals surface area contributed by atoms with Crippen LogP contribution in [0.1, 0.15) is 62.3 Å². The van der Waals surface area contributed by atoms with Crippen molar-refractivity contribution in [2.45, 2.75) is 77.8 Å². The van der Waals surface area contributed by atoms with Crippen molar-refractivity contribution in [2.75, 3.05) is 13.3 Å². The normalized spacial score (nSPS) is 19.9. The third kappa shape index (κ3) is 5.43. The molecule has 17 heavy (non-hydrogen) atoms. The highest BCUT2D eigenvalue weighted by Crippen LogP contribution is 2.94. The minimum atomic E-state index is 0.117. The highest BCUT2D eigenvalue weighted by molar-refractivity contribution is 8.61. The summed E-state index contributed by atoms with van der Waals surface area (Å²) in [6, 6.07) is 0. The first-order chi connectivity index (χ1) is 7.19. The second-order valence-electron chi connectivity index (χ2n) is 7.85. The molecule has 0 aliphatic rings. The molecule has 3 heteroatoms. The van der Waals surface area contributed by atoms with Crippen LogP contribution in [0.2, 0.25) is 0 Å². The molecule has 0 aromatic rings. The summed E-state index contributed by atoms with van der Waals surface area (Å²) in [5.74, 6) is 0. The van der Waals surface area contributed by atoms with Crippen LogP contribution in [0.3, 0.4) is 0 Å². The van der Waals surface area contributed by atoms with Crippen molar-refractivity contribution in [3.05, 3.63) is 0 Å². The zero-order valence-electron chi connectivity index (χ0n) is 13.8. The predicted molar refractivity (Wildman–Crippen MR) is 91.9 cm³/mol. The summed E-state index contributed by atoms with van der Waals surface area (Å²) in [4.78, 5) is 0.